The highest BCUT2D eigenvalue weighted by Crippen LogP contribution is 2.42. The van der Waals surface area contributed by atoms with Gasteiger partial charge in [0.2, 0.25) is 0 Å². The second-order valence-electron chi connectivity index (χ2n) is 6.71. The van der Waals surface area contributed by atoms with Crippen LogP contribution in [0.4, 0.5) is 11.4 Å². The van der Waals surface area contributed by atoms with Crippen molar-refractivity contribution < 1.29 is 13.5 Å². The highest BCUT2D eigenvalue weighted by molar-refractivity contribution is 8.08. The number of nitrogens with zero attached hydrogens (tertiary/aromatic N) is 2. The topological polar surface area (TPSA) is 95.5 Å². The Morgan fingerprint density at radius 2 is 1.19 bits per heavy atom. The van der Waals surface area contributed by atoms with Crippen molar-refractivity contribution in [2.24, 2.45) is 0 Å². The fourth-order valence-electron chi connectivity index (χ4n) is 2.92. The van der Waals surface area contributed by atoms with E-state index >= 15 is 0 Å². The van der Waals surface area contributed by atoms with Gasteiger partial charge in [0.1, 0.15) is 0 Å². The van der Waals surface area contributed by atoms with Crippen molar-refractivity contribution >= 4 is 58.7 Å². The van der Waals surface area contributed by atoms with Crippen LogP contribution in [-0.2, 0) is 16.5 Å². The van der Waals surface area contributed by atoms with Crippen molar-refractivity contribution in [1.29, 1.82) is 0 Å². The van der Waals surface area contributed by atoms with Crippen LogP contribution in [0.3, 0.4) is 0 Å². The summed E-state index contributed by atoms with van der Waals surface area (Å²) in [5.74, 6) is 0. The minimum atomic E-state index is -0.435. The van der Waals surface area contributed by atoms with Crippen LogP contribution in [0.15, 0.2) is 34.1 Å². The normalized spacial score (nSPS) is 11.0. The number of rotatable bonds is 12. The molecule has 31 heavy (non-hydrogen) atoms. The molecule has 0 spiro atoms. The van der Waals surface area contributed by atoms with Crippen molar-refractivity contribution in [3.63, 3.8) is 0 Å². The number of nitro groups is 2. The van der Waals surface area contributed by atoms with Gasteiger partial charge in [0.25, 0.3) is 11.4 Å². The lowest BCUT2D eigenvalue weighted by molar-refractivity contribution is -0.385. The van der Waals surface area contributed by atoms with Crippen LogP contribution in [0, 0.1) is 20.2 Å². The predicted octanol–water partition coefficient (Wildman–Crippen LogP) is 8.23. The fraction of sp³-hybridized carbons (Fsp3) is 0.400. The summed E-state index contributed by atoms with van der Waals surface area (Å²) >= 11 is 14.8. The molecule has 0 radical (unpaired) electrons. The van der Waals surface area contributed by atoms with Crippen molar-refractivity contribution in [3.05, 3.63) is 65.7 Å². The Bertz CT molecular complexity index is 884. The van der Waals surface area contributed by atoms with Crippen LogP contribution >= 0.6 is 47.3 Å². The molecule has 0 aliphatic carbocycles. The van der Waals surface area contributed by atoms with Crippen LogP contribution in [0.2, 0.25) is 10.0 Å². The molecule has 0 amide bonds. The third kappa shape index (κ3) is 6.73. The molecule has 0 fully saturated rings. The molecule has 11 heteroatoms. The molecule has 2 rings (SSSR count). The Morgan fingerprint density at radius 3 is 1.52 bits per heavy atom. The van der Waals surface area contributed by atoms with Crippen molar-refractivity contribution in [3.8, 4) is 0 Å². The van der Waals surface area contributed by atoms with E-state index in [1.807, 2.05) is 13.8 Å². The number of unbranched alkanes of at least 4 members (excludes halogenated alkanes) is 2. The van der Waals surface area contributed by atoms with Gasteiger partial charge in [-0.1, -0.05) is 49.9 Å². The molecule has 0 aromatic heterocycles. The van der Waals surface area contributed by atoms with Crippen LogP contribution in [0.25, 0.3) is 0 Å². The summed E-state index contributed by atoms with van der Waals surface area (Å²) in [4.78, 5) is 22.9. The first kappa shape index (κ1) is 25.7. The highest BCUT2D eigenvalue weighted by Gasteiger charge is 2.22. The average molecular weight is 505 g/mol. The van der Waals surface area contributed by atoms with E-state index in [0.717, 1.165) is 49.8 Å². The van der Waals surface area contributed by atoms with Crippen molar-refractivity contribution in [2.75, 3.05) is 0 Å². The Labute approximate surface area is 199 Å². The molecule has 2 aromatic carbocycles. The zero-order chi connectivity index (χ0) is 23.0. The molecule has 0 saturated carbocycles. The van der Waals surface area contributed by atoms with E-state index in [4.69, 9.17) is 26.8 Å². The summed E-state index contributed by atoms with van der Waals surface area (Å²) in [6.45, 7) is 4.00. The van der Waals surface area contributed by atoms with Gasteiger partial charge >= 0.3 is 0 Å². The van der Waals surface area contributed by atoms with E-state index in [-0.39, 0.29) is 11.4 Å². The Kier molecular flexibility index (Phi) is 10.4. The van der Waals surface area contributed by atoms with Crippen LogP contribution in [0.5, 0.6) is 0 Å². The first-order valence-corrected chi connectivity index (χ1v) is 12.0. The Morgan fingerprint density at radius 1 is 0.806 bits per heavy atom. The molecule has 7 nitrogen and oxygen atoms in total. The lowest BCUT2D eigenvalue weighted by atomic mass is 10.1. The zero-order valence-electron chi connectivity index (χ0n) is 17.1. The summed E-state index contributed by atoms with van der Waals surface area (Å²) in [6.07, 6.45) is 4.34. The van der Waals surface area contributed by atoms with Crippen LogP contribution in [0.1, 0.15) is 50.7 Å². The lowest BCUT2D eigenvalue weighted by Gasteiger charge is -2.11. The van der Waals surface area contributed by atoms with E-state index in [1.165, 1.54) is 12.1 Å². The van der Waals surface area contributed by atoms with Crippen LogP contribution < -0.4 is 0 Å². The predicted molar refractivity (Wildman–Crippen MR) is 126 cm³/mol. The monoisotopic (exact) mass is 504 g/mol. The lowest BCUT2D eigenvalue weighted by Crippen LogP contribution is -1.98. The standard InChI is InChI=1S/C20H22Cl2N2O5S2/c1-3-5-7-13-15(23(25)26)9-11-17(19(13)21)30-29-31-18-12-10-16(24(27)28)14(20(18)22)8-6-4-2/h9-12H,3-8H2,1-2H3. The second kappa shape index (κ2) is 12.5. The van der Waals surface area contributed by atoms with Crippen LogP contribution in [-0.4, -0.2) is 9.85 Å². The Hall–Kier alpha value is -1.52. The maximum Gasteiger partial charge on any atom is 0.274 e. The van der Waals surface area contributed by atoms with Gasteiger partial charge in [-0.15, -0.1) is 0 Å². The molecule has 0 saturated heterocycles. The molecule has 0 aliphatic rings. The van der Waals surface area contributed by atoms with Gasteiger partial charge in [-0.05, 0) is 37.8 Å². The van der Waals surface area contributed by atoms with Gasteiger partial charge in [0, 0.05) is 47.3 Å². The van der Waals surface area contributed by atoms with Gasteiger partial charge in [0.15, 0.2) is 0 Å². The van der Waals surface area contributed by atoms with E-state index in [2.05, 4.69) is 0 Å². The fourth-order valence-corrected chi connectivity index (χ4v) is 4.98. The largest absolute Gasteiger partial charge is 0.274 e. The quantitative estimate of drug-likeness (QED) is 0.163. The molecule has 0 unspecified atom stereocenters. The summed E-state index contributed by atoms with van der Waals surface area (Å²) in [7, 11) is 0. The molecule has 0 aliphatic heterocycles. The van der Waals surface area contributed by atoms with Gasteiger partial charge in [-0.2, -0.15) is 0 Å². The minimum Gasteiger partial charge on any atom is -0.258 e. The SMILES string of the molecule is CCCCc1c([N+](=O)[O-])ccc(SOSc2ccc([N+](=O)[O-])c(CCCC)c2Cl)c1Cl. The van der Waals surface area contributed by atoms with E-state index in [1.54, 1.807) is 12.1 Å². The Balaban J connectivity index is 2.19. The molecule has 2 aromatic rings. The minimum absolute atomic E-state index is 0.00516. The molecule has 0 heterocycles. The van der Waals surface area contributed by atoms with E-state index < -0.39 is 9.85 Å². The van der Waals surface area contributed by atoms with E-state index in [9.17, 15) is 20.2 Å². The summed E-state index contributed by atoms with van der Waals surface area (Å²) in [5.41, 5.74) is 0.966. The first-order valence-electron chi connectivity index (χ1n) is 9.74. The van der Waals surface area contributed by atoms with Crippen molar-refractivity contribution in [2.45, 2.75) is 62.2 Å². The zero-order valence-corrected chi connectivity index (χ0v) is 20.2. The summed E-state index contributed by atoms with van der Waals surface area (Å²) in [5, 5.41) is 23.2. The van der Waals surface area contributed by atoms with E-state index in [0.29, 0.717) is 43.8 Å². The molecule has 0 atom stereocenters. The number of benzene rings is 2. The number of nitro benzene ring substituents is 2. The average Bonchev–Trinajstić information content (AvgIpc) is 2.73. The third-order valence-electron chi connectivity index (χ3n) is 4.57. The number of halogens is 2. The molecule has 0 N–H and O–H groups in total. The molecule has 0 bridgehead atoms. The molecular formula is C20H22Cl2N2O5S2. The van der Waals surface area contributed by atoms with Crippen molar-refractivity contribution in [1.82, 2.24) is 0 Å². The second-order valence-corrected chi connectivity index (χ2v) is 9.22. The maximum absolute atomic E-state index is 11.3. The summed E-state index contributed by atoms with van der Waals surface area (Å²) < 4.78 is 5.61. The third-order valence-corrected chi connectivity index (χ3v) is 7.24. The number of hydrogen-bond acceptors (Lipinski definition) is 7. The molecular weight excluding hydrogens is 483 g/mol. The molecule has 168 valence electrons. The van der Waals surface area contributed by atoms with Gasteiger partial charge in [-0.3, -0.25) is 20.2 Å². The first-order chi connectivity index (χ1) is 14.8. The highest BCUT2D eigenvalue weighted by atomic mass is 35.5. The maximum atomic E-state index is 11.3. The van der Waals surface area contributed by atoms with Gasteiger partial charge in [0.05, 0.1) is 29.7 Å². The number of hydrogen-bond donors (Lipinski definition) is 0. The smallest absolute Gasteiger partial charge is 0.258 e. The summed E-state index contributed by atoms with van der Waals surface area (Å²) in [6, 6.07) is 5.94. The van der Waals surface area contributed by atoms with Gasteiger partial charge < -0.3 is 0 Å². The van der Waals surface area contributed by atoms with Gasteiger partial charge in [-0.25, -0.2) is 3.63 Å².